The van der Waals surface area contributed by atoms with Gasteiger partial charge >= 0.3 is 0 Å². The predicted octanol–water partition coefficient (Wildman–Crippen LogP) is 2.52. The van der Waals surface area contributed by atoms with E-state index in [4.69, 9.17) is 9.47 Å². The van der Waals surface area contributed by atoms with Gasteiger partial charge in [0.1, 0.15) is 5.75 Å². The van der Waals surface area contributed by atoms with Gasteiger partial charge in [0.05, 0.1) is 25.9 Å². The zero-order valence-electron chi connectivity index (χ0n) is 19.3. The summed E-state index contributed by atoms with van der Waals surface area (Å²) in [5, 5.41) is 34.9. The number of carbonyl (C=O) groups is 1. The monoisotopic (exact) mass is 460 g/mol. The molecule has 2 aromatic carbocycles. The number of ether oxygens (including phenoxy) is 2. The molecule has 0 aliphatic heterocycles. The number of nitrogens with one attached hydrogen (secondary N) is 2. The van der Waals surface area contributed by atoms with Crippen LogP contribution in [-0.4, -0.2) is 60.7 Å². The zero-order chi connectivity index (χ0) is 23.9. The number of hydrogen-bond acceptors (Lipinski definition) is 7. The van der Waals surface area contributed by atoms with Crippen molar-refractivity contribution in [2.24, 2.45) is 0 Å². The molecule has 0 aliphatic carbocycles. The number of phenols is 1. The number of rotatable bonds is 16. The molecule has 1 amide bonds. The Morgan fingerprint density at radius 1 is 1.00 bits per heavy atom. The number of hydrogen-bond donors (Lipinski definition) is 5. The van der Waals surface area contributed by atoms with Gasteiger partial charge in [0.15, 0.2) is 0 Å². The minimum atomic E-state index is -0.708. The van der Waals surface area contributed by atoms with Crippen LogP contribution in [-0.2, 0) is 27.3 Å². The molecule has 2 rings (SSSR count). The largest absolute Gasteiger partial charge is 0.508 e. The van der Waals surface area contributed by atoms with Gasteiger partial charge in [-0.15, -0.1) is 0 Å². The number of benzene rings is 2. The van der Waals surface area contributed by atoms with Crippen molar-refractivity contribution in [3.8, 4) is 5.75 Å². The molecule has 182 valence electrons. The van der Waals surface area contributed by atoms with Crippen molar-refractivity contribution in [1.29, 1.82) is 0 Å². The van der Waals surface area contributed by atoms with Crippen LogP contribution in [0.4, 0.5) is 5.69 Å². The highest BCUT2D eigenvalue weighted by Gasteiger charge is 2.09. The Hall–Kier alpha value is -2.49. The highest BCUT2D eigenvalue weighted by Crippen LogP contribution is 2.22. The Kier molecular flexibility index (Phi) is 12.5. The minimum Gasteiger partial charge on any atom is -0.508 e. The molecule has 8 heteroatoms. The maximum absolute atomic E-state index is 11.0. The van der Waals surface area contributed by atoms with E-state index in [0.29, 0.717) is 50.6 Å². The topological polar surface area (TPSA) is 120 Å². The molecule has 0 radical (unpaired) electrons. The minimum absolute atomic E-state index is 0.0251. The molecule has 0 saturated heterocycles. The van der Waals surface area contributed by atoms with Crippen molar-refractivity contribution in [1.82, 2.24) is 5.32 Å². The molecule has 0 fully saturated rings. The van der Waals surface area contributed by atoms with Crippen LogP contribution in [0.5, 0.6) is 5.75 Å². The average molecular weight is 461 g/mol. The quantitative estimate of drug-likeness (QED) is 0.244. The lowest BCUT2D eigenvalue weighted by Crippen LogP contribution is -2.23. The molecule has 1 unspecified atom stereocenters. The third kappa shape index (κ3) is 10.8. The van der Waals surface area contributed by atoms with E-state index in [9.17, 15) is 20.1 Å². The standard InChI is InChI=1S/C25H36N2O6/c1-19(29)27-23-8-5-20(6-9-23)4-2-12-32-14-15-33-13-3-11-26-17-25(31)21-7-10-24(30)22(16-21)18-28/h5-10,16,25-26,28,30-31H,2-4,11-15,17-18H2,1H3,(H,27,29). The summed E-state index contributed by atoms with van der Waals surface area (Å²) in [5.41, 5.74) is 3.07. The molecular weight excluding hydrogens is 424 g/mol. The van der Waals surface area contributed by atoms with E-state index < -0.39 is 6.10 Å². The van der Waals surface area contributed by atoms with Gasteiger partial charge in [-0.3, -0.25) is 4.79 Å². The van der Waals surface area contributed by atoms with Gasteiger partial charge < -0.3 is 35.4 Å². The summed E-state index contributed by atoms with van der Waals surface area (Å²) in [5.74, 6) is -0.0472. The fourth-order valence-corrected chi connectivity index (χ4v) is 3.25. The van der Waals surface area contributed by atoms with Crippen LogP contribution in [0.15, 0.2) is 42.5 Å². The second-order valence-electron chi connectivity index (χ2n) is 7.83. The molecule has 0 aromatic heterocycles. The molecule has 33 heavy (non-hydrogen) atoms. The van der Waals surface area contributed by atoms with Crippen LogP contribution < -0.4 is 10.6 Å². The van der Waals surface area contributed by atoms with E-state index in [1.54, 1.807) is 12.1 Å². The summed E-state index contributed by atoms with van der Waals surface area (Å²) in [6.07, 6.45) is 1.95. The third-order valence-corrected chi connectivity index (χ3v) is 5.04. The van der Waals surface area contributed by atoms with Crippen molar-refractivity contribution in [3.05, 3.63) is 59.2 Å². The number of amides is 1. The average Bonchev–Trinajstić information content (AvgIpc) is 2.80. The summed E-state index contributed by atoms with van der Waals surface area (Å²) in [4.78, 5) is 11.0. The Morgan fingerprint density at radius 2 is 1.70 bits per heavy atom. The number of aliphatic hydroxyl groups is 2. The van der Waals surface area contributed by atoms with Gasteiger partial charge in [-0.1, -0.05) is 18.2 Å². The first-order valence-electron chi connectivity index (χ1n) is 11.3. The lowest BCUT2D eigenvalue weighted by Gasteiger charge is -2.14. The van der Waals surface area contributed by atoms with E-state index in [0.717, 1.165) is 24.9 Å². The normalized spacial score (nSPS) is 12.0. The number of aliphatic hydroxyl groups excluding tert-OH is 2. The molecule has 2 aromatic rings. The van der Waals surface area contributed by atoms with Crippen molar-refractivity contribution in [2.75, 3.05) is 44.8 Å². The second-order valence-corrected chi connectivity index (χ2v) is 7.83. The van der Waals surface area contributed by atoms with Gasteiger partial charge in [0.2, 0.25) is 5.91 Å². The number of aryl methyl sites for hydroxylation is 1. The van der Waals surface area contributed by atoms with Gasteiger partial charge in [-0.05, 0) is 61.2 Å². The molecule has 0 spiro atoms. The maximum atomic E-state index is 11.0. The number of anilines is 1. The summed E-state index contributed by atoms with van der Waals surface area (Å²) in [7, 11) is 0. The molecule has 0 aliphatic rings. The highest BCUT2D eigenvalue weighted by atomic mass is 16.5. The van der Waals surface area contributed by atoms with Gasteiger partial charge in [-0.2, -0.15) is 0 Å². The van der Waals surface area contributed by atoms with E-state index in [1.165, 1.54) is 18.6 Å². The molecule has 0 saturated carbocycles. The molecular formula is C25H36N2O6. The van der Waals surface area contributed by atoms with Gasteiger partial charge in [0.25, 0.3) is 0 Å². The smallest absolute Gasteiger partial charge is 0.221 e. The first-order valence-corrected chi connectivity index (χ1v) is 11.3. The maximum Gasteiger partial charge on any atom is 0.221 e. The van der Waals surface area contributed by atoms with E-state index in [1.807, 2.05) is 24.3 Å². The molecule has 5 N–H and O–H groups in total. The Bertz CT molecular complexity index is 828. The summed E-state index contributed by atoms with van der Waals surface area (Å²) < 4.78 is 11.2. The Balaban J connectivity index is 1.42. The highest BCUT2D eigenvalue weighted by molar-refractivity contribution is 5.88. The van der Waals surface area contributed by atoms with Crippen LogP contribution >= 0.6 is 0 Å². The van der Waals surface area contributed by atoms with Crippen LogP contribution in [0.3, 0.4) is 0 Å². The van der Waals surface area contributed by atoms with Crippen LogP contribution in [0.1, 0.15) is 42.6 Å². The van der Waals surface area contributed by atoms with Crippen molar-refractivity contribution in [3.63, 3.8) is 0 Å². The first-order chi connectivity index (χ1) is 16.0. The number of carbonyl (C=O) groups excluding carboxylic acids is 1. The zero-order valence-corrected chi connectivity index (χ0v) is 19.3. The third-order valence-electron chi connectivity index (χ3n) is 5.04. The van der Waals surface area contributed by atoms with Crippen molar-refractivity contribution < 1.29 is 29.6 Å². The SMILES string of the molecule is CC(=O)Nc1ccc(CCCOCCOCCCNCC(O)c2ccc(O)c(CO)c2)cc1. The van der Waals surface area contributed by atoms with Gasteiger partial charge in [0, 0.05) is 37.9 Å². The second kappa shape index (κ2) is 15.4. The fraction of sp³-hybridized carbons (Fsp3) is 0.480. The lowest BCUT2D eigenvalue weighted by molar-refractivity contribution is -0.114. The number of aromatic hydroxyl groups is 1. The van der Waals surface area contributed by atoms with Crippen LogP contribution in [0.25, 0.3) is 0 Å². The summed E-state index contributed by atoms with van der Waals surface area (Å²) in [6, 6.07) is 12.6. The van der Waals surface area contributed by atoms with Gasteiger partial charge in [-0.25, -0.2) is 0 Å². The molecule has 8 nitrogen and oxygen atoms in total. The van der Waals surface area contributed by atoms with Crippen molar-refractivity contribution in [2.45, 2.75) is 38.9 Å². The fourth-order valence-electron chi connectivity index (χ4n) is 3.25. The first kappa shape index (κ1) is 26.8. The van der Waals surface area contributed by atoms with E-state index in [-0.39, 0.29) is 18.3 Å². The molecule has 0 bridgehead atoms. The lowest BCUT2D eigenvalue weighted by atomic mass is 10.1. The van der Waals surface area contributed by atoms with Crippen LogP contribution in [0.2, 0.25) is 0 Å². The Morgan fingerprint density at radius 3 is 2.36 bits per heavy atom. The Labute approximate surface area is 195 Å². The van der Waals surface area contributed by atoms with E-state index in [2.05, 4.69) is 10.6 Å². The van der Waals surface area contributed by atoms with Crippen molar-refractivity contribution >= 4 is 11.6 Å². The summed E-state index contributed by atoms with van der Waals surface area (Å²) in [6.45, 7) is 4.71. The summed E-state index contributed by atoms with van der Waals surface area (Å²) >= 11 is 0. The molecule has 1 atom stereocenters. The molecule has 0 heterocycles. The predicted molar refractivity (Wildman–Crippen MR) is 127 cm³/mol. The van der Waals surface area contributed by atoms with Crippen LogP contribution in [0, 0.1) is 0 Å². The van der Waals surface area contributed by atoms with E-state index >= 15 is 0 Å².